The first-order chi connectivity index (χ1) is 14.2. The highest BCUT2D eigenvalue weighted by molar-refractivity contribution is 6.05. The molecule has 2 aliphatic heterocycles. The number of rotatable bonds is 4. The van der Waals surface area contributed by atoms with E-state index in [4.69, 9.17) is 9.47 Å². The maximum absolute atomic E-state index is 12.7. The molecule has 29 heavy (non-hydrogen) atoms. The van der Waals surface area contributed by atoms with Crippen molar-refractivity contribution in [3.8, 4) is 5.75 Å². The number of aryl methyl sites for hydroxylation is 1. The fraction of sp³-hybridized carbons (Fsp3) is 0.364. The zero-order valence-electron chi connectivity index (χ0n) is 16.2. The minimum absolute atomic E-state index is 0.120. The Bertz CT molecular complexity index is 1040. The molecule has 0 atom stereocenters. The molecule has 7 heteroatoms. The molecule has 3 aromatic rings. The number of nitrogens with one attached hydrogen (secondary N) is 2. The van der Waals surface area contributed by atoms with Crippen LogP contribution in [0, 0.1) is 0 Å². The topological polar surface area (TPSA) is 79.5 Å². The number of aromatic nitrogens is 2. The predicted molar refractivity (Wildman–Crippen MR) is 110 cm³/mol. The van der Waals surface area contributed by atoms with E-state index in [1.807, 2.05) is 36.4 Å². The normalized spacial score (nSPS) is 17.0. The van der Waals surface area contributed by atoms with E-state index < -0.39 is 0 Å². The molecule has 1 aromatic heterocycles. The first kappa shape index (κ1) is 18.1. The highest BCUT2D eigenvalue weighted by Crippen LogP contribution is 2.26. The van der Waals surface area contributed by atoms with Crippen LogP contribution in [0.1, 0.15) is 28.2 Å². The van der Waals surface area contributed by atoms with Gasteiger partial charge in [-0.15, -0.1) is 0 Å². The number of morpholine rings is 1. The molecule has 1 saturated heterocycles. The summed E-state index contributed by atoms with van der Waals surface area (Å²) in [4.78, 5) is 23.1. The lowest BCUT2D eigenvalue weighted by molar-refractivity contribution is 0.0332. The van der Waals surface area contributed by atoms with E-state index in [0.29, 0.717) is 5.56 Å². The third kappa shape index (κ3) is 3.97. The second kappa shape index (κ2) is 7.85. The number of carbonyl (C=O) groups is 1. The van der Waals surface area contributed by atoms with E-state index >= 15 is 0 Å². The monoisotopic (exact) mass is 392 g/mol. The molecule has 0 spiro atoms. The average Bonchev–Trinajstić information content (AvgIpc) is 3.15. The van der Waals surface area contributed by atoms with Crippen LogP contribution in [0.2, 0.25) is 0 Å². The van der Waals surface area contributed by atoms with E-state index in [9.17, 15) is 4.79 Å². The van der Waals surface area contributed by atoms with Gasteiger partial charge in [0, 0.05) is 24.3 Å². The van der Waals surface area contributed by atoms with Gasteiger partial charge >= 0.3 is 0 Å². The lowest BCUT2D eigenvalue weighted by Gasteiger charge is -2.25. The van der Waals surface area contributed by atoms with E-state index in [1.54, 1.807) is 0 Å². The zero-order chi connectivity index (χ0) is 19.6. The summed E-state index contributed by atoms with van der Waals surface area (Å²) in [5.41, 5.74) is 4.31. The van der Waals surface area contributed by atoms with Crippen LogP contribution in [0.3, 0.4) is 0 Å². The average molecular weight is 392 g/mol. The van der Waals surface area contributed by atoms with Crippen molar-refractivity contribution in [1.29, 1.82) is 0 Å². The van der Waals surface area contributed by atoms with Crippen LogP contribution in [-0.2, 0) is 17.7 Å². The second-order valence-corrected chi connectivity index (χ2v) is 7.53. The van der Waals surface area contributed by atoms with Gasteiger partial charge in [-0.05, 0) is 54.8 Å². The number of hydrogen-bond donors (Lipinski definition) is 2. The van der Waals surface area contributed by atoms with Crippen LogP contribution in [0.4, 0.5) is 5.69 Å². The molecule has 0 saturated carbocycles. The quantitative estimate of drug-likeness (QED) is 0.714. The molecule has 2 aromatic carbocycles. The number of nitrogens with zero attached hydrogens (tertiary/aromatic N) is 2. The molecule has 7 nitrogen and oxygen atoms in total. The molecular formula is C22H24N4O3. The Kier molecular flexibility index (Phi) is 4.91. The van der Waals surface area contributed by atoms with Gasteiger partial charge in [-0.3, -0.25) is 9.69 Å². The Labute approximate surface area is 169 Å². The lowest BCUT2D eigenvalue weighted by atomic mass is 10.0. The van der Waals surface area contributed by atoms with Crippen molar-refractivity contribution in [1.82, 2.24) is 14.9 Å². The van der Waals surface area contributed by atoms with Crippen LogP contribution in [0.25, 0.3) is 11.0 Å². The summed E-state index contributed by atoms with van der Waals surface area (Å²) >= 11 is 0. The van der Waals surface area contributed by atoms with E-state index in [-0.39, 0.29) is 5.91 Å². The van der Waals surface area contributed by atoms with Crippen LogP contribution < -0.4 is 10.1 Å². The number of aromatic amines is 1. The first-order valence-electron chi connectivity index (χ1n) is 10.1. The molecule has 2 N–H and O–H groups in total. The number of fused-ring (bicyclic) bond motifs is 2. The SMILES string of the molecule is O=C(Nc1ccc2nc(CN3CCOCC3)[nH]c2c1)c1ccc2c(c1)CCCO2. The predicted octanol–water partition coefficient (Wildman–Crippen LogP) is 2.97. The van der Waals surface area contributed by atoms with Crippen molar-refractivity contribution in [2.75, 3.05) is 38.2 Å². The number of benzene rings is 2. The summed E-state index contributed by atoms with van der Waals surface area (Å²) in [7, 11) is 0. The minimum atomic E-state index is -0.120. The molecule has 150 valence electrons. The standard InChI is InChI=1S/C22H24N4O3/c27-22(16-3-6-20-15(12-16)2-1-9-29-20)23-17-4-5-18-19(13-17)25-21(24-18)14-26-7-10-28-11-8-26/h3-6,12-13H,1-2,7-11,14H2,(H,23,27)(H,24,25). The third-order valence-corrected chi connectivity index (χ3v) is 5.44. The van der Waals surface area contributed by atoms with Crippen LogP contribution in [0.15, 0.2) is 36.4 Å². The van der Waals surface area contributed by atoms with Crippen molar-refractivity contribution in [3.05, 3.63) is 53.3 Å². The Morgan fingerprint density at radius 2 is 2.03 bits per heavy atom. The number of anilines is 1. The fourth-order valence-corrected chi connectivity index (χ4v) is 3.89. The van der Waals surface area contributed by atoms with Crippen molar-refractivity contribution < 1.29 is 14.3 Å². The van der Waals surface area contributed by atoms with Gasteiger partial charge in [0.2, 0.25) is 0 Å². The summed E-state index contributed by atoms with van der Waals surface area (Å²) in [6, 6.07) is 11.4. The number of ether oxygens (including phenoxy) is 2. The smallest absolute Gasteiger partial charge is 0.255 e. The minimum Gasteiger partial charge on any atom is -0.493 e. The number of imidazole rings is 1. The Balaban J connectivity index is 1.30. The maximum Gasteiger partial charge on any atom is 0.255 e. The summed E-state index contributed by atoms with van der Waals surface area (Å²) in [5, 5.41) is 2.99. The number of amides is 1. The van der Waals surface area contributed by atoms with Crippen LogP contribution in [-0.4, -0.2) is 53.7 Å². The molecule has 0 aliphatic carbocycles. The molecule has 0 radical (unpaired) electrons. The number of hydrogen-bond acceptors (Lipinski definition) is 5. The van der Waals surface area contributed by atoms with E-state index in [1.165, 1.54) is 0 Å². The fourth-order valence-electron chi connectivity index (χ4n) is 3.89. The summed E-state index contributed by atoms with van der Waals surface area (Å²) in [6.45, 7) is 4.90. The molecular weight excluding hydrogens is 368 g/mol. The van der Waals surface area contributed by atoms with E-state index in [2.05, 4.69) is 20.2 Å². The maximum atomic E-state index is 12.7. The zero-order valence-corrected chi connectivity index (χ0v) is 16.2. The van der Waals surface area contributed by atoms with Crippen molar-refractivity contribution in [3.63, 3.8) is 0 Å². The first-order valence-corrected chi connectivity index (χ1v) is 10.1. The van der Waals surface area contributed by atoms with Gasteiger partial charge in [0.15, 0.2) is 0 Å². The van der Waals surface area contributed by atoms with E-state index in [0.717, 1.165) is 86.2 Å². The Hall–Kier alpha value is -2.90. The molecule has 1 fully saturated rings. The van der Waals surface area contributed by atoms with Gasteiger partial charge < -0.3 is 19.8 Å². The van der Waals surface area contributed by atoms with Gasteiger partial charge in [-0.2, -0.15) is 0 Å². The largest absolute Gasteiger partial charge is 0.493 e. The van der Waals surface area contributed by atoms with Gasteiger partial charge in [0.25, 0.3) is 5.91 Å². The van der Waals surface area contributed by atoms with Crippen LogP contribution >= 0.6 is 0 Å². The summed E-state index contributed by atoms with van der Waals surface area (Å²) in [5.74, 6) is 1.70. The molecule has 1 amide bonds. The second-order valence-electron chi connectivity index (χ2n) is 7.53. The molecule has 0 unspecified atom stereocenters. The lowest BCUT2D eigenvalue weighted by Crippen LogP contribution is -2.35. The third-order valence-electron chi connectivity index (χ3n) is 5.44. The number of carbonyl (C=O) groups excluding carboxylic acids is 1. The summed E-state index contributed by atoms with van der Waals surface area (Å²) in [6.07, 6.45) is 1.93. The molecule has 2 aliphatic rings. The molecule has 5 rings (SSSR count). The van der Waals surface area contributed by atoms with Crippen molar-refractivity contribution in [2.45, 2.75) is 19.4 Å². The van der Waals surface area contributed by atoms with Crippen molar-refractivity contribution >= 4 is 22.6 Å². The molecule has 0 bridgehead atoms. The Morgan fingerprint density at radius 3 is 2.93 bits per heavy atom. The van der Waals surface area contributed by atoms with Gasteiger partial charge in [0.1, 0.15) is 11.6 Å². The Morgan fingerprint density at radius 1 is 1.14 bits per heavy atom. The highest BCUT2D eigenvalue weighted by atomic mass is 16.5. The van der Waals surface area contributed by atoms with Gasteiger partial charge in [-0.25, -0.2) is 4.98 Å². The van der Waals surface area contributed by atoms with Gasteiger partial charge in [-0.1, -0.05) is 0 Å². The summed E-state index contributed by atoms with van der Waals surface area (Å²) < 4.78 is 11.0. The van der Waals surface area contributed by atoms with Gasteiger partial charge in [0.05, 0.1) is 37.4 Å². The van der Waals surface area contributed by atoms with Crippen LogP contribution in [0.5, 0.6) is 5.75 Å². The molecule has 3 heterocycles. The van der Waals surface area contributed by atoms with Crippen molar-refractivity contribution in [2.24, 2.45) is 0 Å². The highest BCUT2D eigenvalue weighted by Gasteiger charge is 2.15. The number of H-pyrrole nitrogens is 1.